The van der Waals surface area contributed by atoms with E-state index in [0.717, 1.165) is 28.6 Å². The molecule has 1 aliphatic rings. The Balaban J connectivity index is 2.01. The molecule has 0 aliphatic carbocycles. The lowest BCUT2D eigenvalue weighted by Crippen LogP contribution is -2.56. The fourth-order valence-electron chi connectivity index (χ4n) is 4.40. The molecule has 2 aromatic carbocycles. The van der Waals surface area contributed by atoms with Crippen LogP contribution in [0.3, 0.4) is 0 Å². The van der Waals surface area contributed by atoms with Crippen molar-refractivity contribution < 1.29 is 22.7 Å². The molecule has 1 unspecified atom stereocenters. The Hall–Kier alpha value is -1.90. The molecule has 160 valence electrons. The van der Waals surface area contributed by atoms with E-state index in [9.17, 15) is 8.78 Å². The quantitative estimate of drug-likeness (QED) is 0.475. The molecule has 1 atom stereocenters. The first-order valence-electron chi connectivity index (χ1n) is 9.53. The summed E-state index contributed by atoms with van der Waals surface area (Å²) in [6.07, 6.45) is 0.407. The fourth-order valence-corrected chi connectivity index (χ4v) is 4.81. The number of benzene rings is 2. The van der Waals surface area contributed by atoms with Crippen LogP contribution < -0.4 is 0 Å². The molecule has 30 heavy (non-hydrogen) atoms. The summed E-state index contributed by atoms with van der Waals surface area (Å²) in [7, 11) is 0. The highest BCUT2D eigenvalue weighted by atomic mass is 79.9. The lowest BCUT2D eigenvalue weighted by atomic mass is 9.81. The Labute approximate surface area is 179 Å². The average Bonchev–Trinajstić information content (AvgIpc) is 3.00. The van der Waals surface area contributed by atoms with E-state index in [1.165, 1.54) is 4.90 Å². The summed E-state index contributed by atoms with van der Waals surface area (Å²) in [6.45, 7) is 1.35. The van der Waals surface area contributed by atoms with E-state index >= 15 is 8.78 Å². The molecule has 1 aliphatic heterocycles. The first kappa shape index (κ1) is 21.3. The molecule has 0 saturated heterocycles. The van der Waals surface area contributed by atoms with Gasteiger partial charge in [-0.1, -0.05) is 34.1 Å². The Bertz CT molecular complexity index is 1090. The van der Waals surface area contributed by atoms with E-state index in [1.54, 1.807) is 13.8 Å². The number of rotatable bonds is 4. The topological polar surface area (TPSA) is 39.3 Å². The smallest absolute Gasteiger partial charge is 0.283 e. The normalized spacial score (nSPS) is 19.3. The van der Waals surface area contributed by atoms with Crippen LogP contribution in [0.15, 0.2) is 40.9 Å². The number of H-pyrrole nitrogens is 1. The van der Waals surface area contributed by atoms with E-state index in [0.29, 0.717) is 12.1 Å². The molecule has 0 fully saturated rings. The van der Waals surface area contributed by atoms with Crippen LogP contribution in [0.1, 0.15) is 36.7 Å². The predicted molar refractivity (Wildman–Crippen MR) is 111 cm³/mol. The lowest BCUT2D eigenvalue weighted by Gasteiger charge is -2.48. The van der Waals surface area contributed by atoms with E-state index in [1.807, 2.05) is 24.3 Å². The number of hydrogen-bond donors (Lipinski definition) is 2. The average molecular weight is 485 g/mol. The highest BCUT2D eigenvalue weighted by Gasteiger charge is 2.47. The highest BCUT2D eigenvalue weighted by molar-refractivity contribution is 9.10. The number of halogens is 5. The van der Waals surface area contributed by atoms with Gasteiger partial charge in [0.1, 0.15) is 18.2 Å². The second-order valence-electron chi connectivity index (χ2n) is 8.38. The van der Waals surface area contributed by atoms with Gasteiger partial charge in [-0.15, -0.1) is 0 Å². The van der Waals surface area contributed by atoms with Gasteiger partial charge in [-0.25, -0.2) is 17.6 Å². The van der Waals surface area contributed by atoms with Crippen LogP contribution >= 0.6 is 15.9 Å². The molecule has 0 saturated carbocycles. The second kappa shape index (κ2) is 7.35. The van der Waals surface area contributed by atoms with Crippen LogP contribution in [-0.4, -0.2) is 39.6 Å². The Morgan fingerprint density at radius 2 is 1.83 bits per heavy atom. The summed E-state index contributed by atoms with van der Waals surface area (Å²) in [5, 5.41) is 10.1. The fraction of sp³-hybridized carbons (Fsp3) is 0.364. The number of fused-ring (bicyclic) bond motifs is 3. The van der Waals surface area contributed by atoms with Crippen molar-refractivity contribution in [3.8, 4) is 0 Å². The predicted octanol–water partition coefficient (Wildman–Crippen LogP) is 5.56. The largest absolute Gasteiger partial charge is 0.390 e. The summed E-state index contributed by atoms with van der Waals surface area (Å²) < 4.78 is 58.9. The maximum absolute atomic E-state index is 15.0. The minimum atomic E-state index is -3.43. The number of aromatic nitrogens is 1. The molecule has 3 nitrogen and oxygen atoms in total. The van der Waals surface area contributed by atoms with Gasteiger partial charge in [-0.2, -0.15) is 0 Å². The molecule has 4 rings (SSSR count). The van der Waals surface area contributed by atoms with Crippen molar-refractivity contribution in [2.24, 2.45) is 0 Å². The number of nitrogens with one attached hydrogen (secondary N) is 1. The van der Waals surface area contributed by atoms with E-state index in [4.69, 9.17) is 5.11 Å². The van der Waals surface area contributed by atoms with E-state index in [2.05, 4.69) is 20.9 Å². The molecular formula is C22H21BrF4N2O. The zero-order chi connectivity index (χ0) is 21.8. The van der Waals surface area contributed by atoms with Crippen LogP contribution in [-0.2, 0) is 6.42 Å². The number of aliphatic hydroxyl groups excluding tert-OH is 1. The zero-order valence-electron chi connectivity index (χ0n) is 16.4. The summed E-state index contributed by atoms with van der Waals surface area (Å²) in [5.41, 5.74) is 0.965. The van der Waals surface area contributed by atoms with Crippen LogP contribution in [0.4, 0.5) is 17.6 Å². The second-order valence-corrected chi connectivity index (χ2v) is 9.30. The van der Waals surface area contributed by atoms with E-state index in [-0.39, 0.29) is 10.0 Å². The number of hydrogen-bond acceptors (Lipinski definition) is 2. The van der Waals surface area contributed by atoms with Gasteiger partial charge in [0.15, 0.2) is 0 Å². The molecule has 0 bridgehead atoms. The van der Waals surface area contributed by atoms with Crippen molar-refractivity contribution in [3.63, 3.8) is 0 Å². The molecule has 0 amide bonds. The number of para-hydroxylation sites is 1. The van der Waals surface area contributed by atoms with Crippen LogP contribution in [0.2, 0.25) is 0 Å². The third-order valence-corrected chi connectivity index (χ3v) is 6.23. The molecule has 0 radical (unpaired) electrons. The molecular weight excluding hydrogens is 464 g/mol. The zero-order valence-corrected chi connectivity index (χ0v) is 18.0. The molecule has 1 aromatic heterocycles. The maximum Gasteiger partial charge on any atom is 0.283 e. The molecule has 3 aromatic rings. The van der Waals surface area contributed by atoms with Gasteiger partial charge in [0, 0.05) is 32.2 Å². The molecule has 0 spiro atoms. The monoisotopic (exact) mass is 484 g/mol. The summed E-state index contributed by atoms with van der Waals surface area (Å²) >= 11 is 3.07. The number of aliphatic hydroxyl groups is 1. The van der Waals surface area contributed by atoms with E-state index < -0.39 is 42.3 Å². The van der Waals surface area contributed by atoms with Crippen molar-refractivity contribution in [2.45, 2.75) is 37.8 Å². The number of nitrogens with zero attached hydrogens (tertiary/aromatic N) is 1. The molecule has 8 heteroatoms. The Kier molecular flexibility index (Phi) is 5.23. The van der Waals surface area contributed by atoms with Gasteiger partial charge in [0.2, 0.25) is 0 Å². The van der Waals surface area contributed by atoms with Gasteiger partial charge in [0.05, 0.1) is 12.6 Å². The van der Waals surface area contributed by atoms with Crippen LogP contribution in [0.5, 0.6) is 0 Å². The third kappa shape index (κ3) is 3.55. The SMILES string of the molecule is CC1(C)Cc2c([nH]c3ccccc23)C(c2c(F)cc(Br)cc2F)N1CC(F)(F)CO. The Morgan fingerprint density at radius 1 is 1.20 bits per heavy atom. The van der Waals surface area contributed by atoms with Gasteiger partial charge < -0.3 is 10.1 Å². The van der Waals surface area contributed by atoms with Crippen LogP contribution in [0, 0.1) is 11.6 Å². The molecule has 2 N–H and O–H groups in total. The van der Waals surface area contributed by atoms with Gasteiger partial charge >= 0.3 is 0 Å². The minimum absolute atomic E-state index is 0.223. The van der Waals surface area contributed by atoms with Gasteiger partial charge in [-0.3, -0.25) is 4.90 Å². The summed E-state index contributed by atoms with van der Waals surface area (Å²) in [4.78, 5) is 4.60. The maximum atomic E-state index is 15.0. The first-order valence-corrected chi connectivity index (χ1v) is 10.3. The van der Waals surface area contributed by atoms with Crippen molar-refractivity contribution in [3.05, 3.63) is 69.3 Å². The Morgan fingerprint density at radius 3 is 2.47 bits per heavy atom. The van der Waals surface area contributed by atoms with Crippen molar-refractivity contribution >= 4 is 26.8 Å². The highest BCUT2D eigenvalue weighted by Crippen LogP contribution is 2.47. The van der Waals surface area contributed by atoms with Gasteiger partial charge in [0.25, 0.3) is 5.92 Å². The summed E-state index contributed by atoms with van der Waals surface area (Å²) in [5.74, 6) is -5.08. The lowest BCUT2D eigenvalue weighted by molar-refractivity contribution is -0.100. The van der Waals surface area contributed by atoms with Gasteiger partial charge in [-0.05, 0) is 44.0 Å². The van der Waals surface area contributed by atoms with Crippen molar-refractivity contribution in [1.82, 2.24) is 9.88 Å². The first-order chi connectivity index (χ1) is 14.0. The number of aromatic amines is 1. The standard InChI is InChI=1S/C22H21BrF4N2O/c1-21(2)9-14-13-5-3-4-6-17(13)28-19(14)20(29(21)10-22(26,27)11-30)18-15(24)7-12(23)8-16(18)25/h3-8,20,28,30H,9-11H2,1-2H3. The minimum Gasteiger partial charge on any atom is -0.390 e. The number of alkyl halides is 2. The summed E-state index contributed by atoms with van der Waals surface area (Å²) in [6, 6.07) is 8.61. The van der Waals surface area contributed by atoms with Crippen molar-refractivity contribution in [2.75, 3.05) is 13.2 Å². The molecule has 2 heterocycles. The van der Waals surface area contributed by atoms with Crippen LogP contribution in [0.25, 0.3) is 10.9 Å². The van der Waals surface area contributed by atoms with Crippen molar-refractivity contribution in [1.29, 1.82) is 0 Å². The third-order valence-electron chi connectivity index (χ3n) is 5.77.